The standard InChI is InChI=1S/C15H16ClNS/c1-9-6-5-7-12-14(9)17-11(3)13(8-10(2)16)15(12)18-4/h5-7H,2,8H2,1,3-4H3. The summed E-state index contributed by atoms with van der Waals surface area (Å²) in [6.45, 7) is 7.93. The Morgan fingerprint density at radius 3 is 2.72 bits per heavy atom. The van der Waals surface area contributed by atoms with Crippen molar-refractivity contribution in [3.8, 4) is 0 Å². The van der Waals surface area contributed by atoms with E-state index in [0.717, 1.165) is 11.2 Å². The smallest absolute Gasteiger partial charge is 0.0745 e. The third-order valence-electron chi connectivity index (χ3n) is 3.05. The van der Waals surface area contributed by atoms with E-state index in [0.29, 0.717) is 11.5 Å². The first-order valence-electron chi connectivity index (χ1n) is 5.80. The highest BCUT2D eigenvalue weighted by atomic mass is 35.5. The van der Waals surface area contributed by atoms with Crippen molar-refractivity contribution in [2.24, 2.45) is 0 Å². The zero-order valence-electron chi connectivity index (χ0n) is 10.9. The summed E-state index contributed by atoms with van der Waals surface area (Å²) in [5, 5.41) is 1.86. The molecule has 0 N–H and O–H groups in total. The van der Waals surface area contributed by atoms with Gasteiger partial charge in [-0.05, 0) is 31.2 Å². The fourth-order valence-electron chi connectivity index (χ4n) is 2.19. The Labute approximate surface area is 117 Å². The fraction of sp³-hybridized carbons (Fsp3) is 0.267. The number of fused-ring (bicyclic) bond motifs is 1. The second-order valence-electron chi connectivity index (χ2n) is 4.37. The molecular formula is C15H16ClNS. The highest BCUT2D eigenvalue weighted by Gasteiger charge is 2.13. The minimum Gasteiger partial charge on any atom is -0.252 e. The Morgan fingerprint density at radius 1 is 1.39 bits per heavy atom. The van der Waals surface area contributed by atoms with Crippen molar-refractivity contribution < 1.29 is 0 Å². The molecule has 18 heavy (non-hydrogen) atoms. The zero-order valence-corrected chi connectivity index (χ0v) is 12.5. The minimum atomic E-state index is 0.655. The van der Waals surface area contributed by atoms with E-state index in [-0.39, 0.29) is 0 Å². The molecule has 1 aromatic heterocycles. The van der Waals surface area contributed by atoms with Crippen LogP contribution in [0.5, 0.6) is 0 Å². The van der Waals surface area contributed by atoms with Crippen LogP contribution in [0.4, 0.5) is 0 Å². The highest BCUT2D eigenvalue weighted by molar-refractivity contribution is 7.98. The maximum Gasteiger partial charge on any atom is 0.0745 e. The molecule has 0 saturated heterocycles. The highest BCUT2D eigenvalue weighted by Crippen LogP contribution is 2.33. The van der Waals surface area contributed by atoms with Crippen molar-refractivity contribution in [2.75, 3.05) is 6.26 Å². The predicted molar refractivity (Wildman–Crippen MR) is 81.7 cm³/mol. The van der Waals surface area contributed by atoms with E-state index in [1.807, 2.05) is 6.92 Å². The molecule has 3 heteroatoms. The first kappa shape index (κ1) is 13.4. The lowest BCUT2D eigenvalue weighted by molar-refractivity contribution is 1.07. The van der Waals surface area contributed by atoms with Crippen LogP contribution in [0.2, 0.25) is 0 Å². The molecule has 0 unspecified atom stereocenters. The van der Waals surface area contributed by atoms with Gasteiger partial charge in [0.1, 0.15) is 0 Å². The van der Waals surface area contributed by atoms with E-state index in [4.69, 9.17) is 16.6 Å². The second kappa shape index (κ2) is 5.33. The number of aryl methyl sites for hydroxylation is 2. The minimum absolute atomic E-state index is 0.655. The fourth-order valence-corrected chi connectivity index (χ4v) is 3.17. The number of hydrogen-bond acceptors (Lipinski definition) is 2. The van der Waals surface area contributed by atoms with E-state index in [9.17, 15) is 0 Å². The van der Waals surface area contributed by atoms with Crippen LogP contribution in [0.3, 0.4) is 0 Å². The summed E-state index contributed by atoms with van der Waals surface area (Å²) < 4.78 is 0. The van der Waals surface area contributed by atoms with Crippen LogP contribution >= 0.6 is 23.4 Å². The summed E-state index contributed by atoms with van der Waals surface area (Å²) in [5.41, 5.74) is 4.54. The lowest BCUT2D eigenvalue weighted by atomic mass is 10.0. The Kier molecular flexibility index (Phi) is 3.98. The summed E-state index contributed by atoms with van der Waals surface area (Å²) in [6, 6.07) is 6.30. The van der Waals surface area contributed by atoms with Gasteiger partial charge in [-0.3, -0.25) is 4.98 Å². The Bertz CT molecular complexity index is 619. The van der Waals surface area contributed by atoms with Gasteiger partial charge in [-0.2, -0.15) is 0 Å². The number of nitrogens with zero attached hydrogens (tertiary/aromatic N) is 1. The predicted octanol–water partition coefficient (Wildman–Crippen LogP) is 4.87. The molecule has 0 atom stereocenters. The average molecular weight is 278 g/mol. The number of para-hydroxylation sites is 1. The van der Waals surface area contributed by atoms with Gasteiger partial charge >= 0.3 is 0 Å². The third kappa shape index (κ3) is 2.40. The Morgan fingerprint density at radius 2 is 2.11 bits per heavy atom. The monoisotopic (exact) mass is 277 g/mol. The molecule has 0 spiro atoms. The third-order valence-corrected chi connectivity index (χ3v) is 4.05. The topological polar surface area (TPSA) is 12.9 Å². The van der Waals surface area contributed by atoms with Crippen LogP contribution in [0.1, 0.15) is 16.8 Å². The van der Waals surface area contributed by atoms with Gasteiger partial charge in [0.15, 0.2) is 0 Å². The van der Waals surface area contributed by atoms with E-state index in [1.165, 1.54) is 21.4 Å². The molecule has 0 fully saturated rings. The second-order valence-corrected chi connectivity index (χ2v) is 5.73. The molecule has 0 aliphatic rings. The summed E-state index contributed by atoms with van der Waals surface area (Å²) >= 11 is 7.71. The molecule has 0 radical (unpaired) electrons. The van der Waals surface area contributed by atoms with Crippen molar-refractivity contribution in [1.29, 1.82) is 0 Å². The Balaban J connectivity index is 2.79. The molecule has 94 valence electrons. The van der Waals surface area contributed by atoms with Crippen molar-refractivity contribution in [3.63, 3.8) is 0 Å². The van der Waals surface area contributed by atoms with Crippen molar-refractivity contribution in [3.05, 3.63) is 46.6 Å². The molecule has 0 amide bonds. The van der Waals surface area contributed by atoms with Gasteiger partial charge in [0.2, 0.25) is 0 Å². The molecule has 2 rings (SSSR count). The van der Waals surface area contributed by atoms with Crippen LogP contribution in [-0.4, -0.2) is 11.2 Å². The van der Waals surface area contributed by atoms with E-state index in [1.54, 1.807) is 11.8 Å². The number of rotatable bonds is 3. The molecule has 0 aliphatic carbocycles. The van der Waals surface area contributed by atoms with Crippen LogP contribution in [-0.2, 0) is 6.42 Å². The van der Waals surface area contributed by atoms with E-state index < -0.39 is 0 Å². The van der Waals surface area contributed by atoms with Gasteiger partial charge in [0.25, 0.3) is 0 Å². The average Bonchev–Trinajstić information content (AvgIpc) is 2.31. The van der Waals surface area contributed by atoms with Crippen LogP contribution in [0.25, 0.3) is 10.9 Å². The largest absolute Gasteiger partial charge is 0.252 e. The zero-order chi connectivity index (χ0) is 13.3. The molecule has 0 bridgehead atoms. The maximum absolute atomic E-state index is 5.96. The summed E-state index contributed by atoms with van der Waals surface area (Å²) in [5.74, 6) is 0. The molecule has 1 nitrogen and oxygen atoms in total. The van der Waals surface area contributed by atoms with Crippen LogP contribution < -0.4 is 0 Å². The summed E-state index contributed by atoms with van der Waals surface area (Å²) in [7, 11) is 0. The number of allylic oxidation sites excluding steroid dienone is 1. The van der Waals surface area contributed by atoms with Crippen LogP contribution in [0.15, 0.2) is 34.7 Å². The van der Waals surface area contributed by atoms with Gasteiger partial charge in [-0.1, -0.05) is 36.4 Å². The van der Waals surface area contributed by atoms with Crippen molar-refractivity contribution in [2.45, 2.75) is 25.2 Å². The molecule has 0 saturated carbocycles. The van der Waals surface area contributed by atoms with Gasteiger partial charge in [-0.25, -0.2) is 0 Å². The number of benzene rings is 1. The van der Waals surface area contributed by atoms with Crippen molar-refractivity contribution in [1.82, 2.24) is 4.98 Å². The normalized spacial score (nSPS) is 10.9. The first-order chi connectivity index (χ1) is 8.54. The number of pyridine rings is 1. The molecular weight excluding hydrogens is 262 g/mol. The molecule has 2 aromatic rings. The van der Waals surface area contributed by atoms with E-state index in [2.05, 4.69) is 38.0 Å². The van der Waals surface area contributed by atoms with Crippen molar-refractivity contribution >= 4 is 34.3 Å². The molecule has 0 aliphatic heterocycles. The number of halogens is 1. The van der Waals surface area contributed by atoms with E-state index >= 15 is 0 Å². The van der Waals surface area contributed by atoms with Gasteiger partial charge < -0.3 is 0 Å². The number of hydrogen-bond donors (Lipinski definition) is 0. The lowest BCUT2D eigenvalue weighted by Crippen LogP contribution is -1.99. The van der Waals surface area contributed by atoms with Gasteiger partial charge in [0.05, 0.1) is 5.52 Å². The maximum atomic E-state index is 5.96. The molecule has 1 heterocycles. The first-order valence-corrected chi connectivity index (χ1v) is 7.41. The Hall–Kier alpha value is -0.990. The quantitative estimate of drug-likeness (QED) is 0.743. The van der Waals surface area contributed by atoms with Gasteiger partial charge in [-0.15, -0.1) is 11.8 Å². The number of thioether (sulfide) groups is 1. The SMILES string of the molecule is C=C(Cl)Cc1c(C)nc2c(C)cccc2c1SC. The summed E-state index contributed by atoms with van der Waals surface area (Å²) in [6.07, 6.45) is 2.78. The van der Waals surface area contributed by atoms with Gasteiger partial charge in [0, 0.05) is 27.4 Å². The number of aromatic nitrogens is 1. The van der Waals surface area contributed by atoms with Crippen LogP contribution in [0, 0.1) is 13.8 Å². The molecule has 1 aromatic carbocycles. The summed E-state index contributed by atoms with van der Waals surface area (Å²) in [4.78, 5) is 5.99. The lowest BCUT2D eigenvalue weighted by Gasteiger charge is -2.14.